The summed E-state index contributed by atoms with van der Waals surface area (Å²) in [5.41, 5.74) is 1.71. The van der Waals surface area contributed by atoms with Crippen LogP contribution in [0.5, 0.6) is 0 Å². The smallest absolute Gasteiger partial charge is 0.251 e. The molecule has 144 valence electrons. The number of likely N-dealkylation sites (N-methyl/N-ethyl adjacent to an activating group) is 1. The first-order chi connectivity index (χ1) is 12.3. The molecule has 0 aliphatic carbocycles. The summed E-state index contributed by atoms with van der Waals surface area (Å²) in [5, 5.41) is 9.12. The fourth-order valence-electron chi connectivity index (χ4n) is 2.10. The standard InChI is InChI=1S/C19H31N5O2/c1-14(2)12-22-19(23-13-17(25)24(4)5)21-10-9-15-7-6-8-16(11-15)18(26)20-3/h6-8,11,14H,9-10,12-13H2,1-5H3,(H,20,26)(H2,21,22,23). The second-order valence-electron chi connectivity index (χ2n) is 6.68. The van der Waals surface area contributed by atoms with E-state index in [1.54, 1.807) is 27.2 Å². The number of hydrogen-bond donors (Lipinski definition) is 3. The first kappa shape index (κ1) is 21.5. The molecule has 0 aliphatic heterocycles. The van der Waals surface area contributed by atoms with Crippen molar-refractivity contribution in [2.75, 3.05) is 40.8 Å². The highest BCUT2D eigenvalue weighted by Gasteiger charge is 2.06. The summed E-state index contributed by atoms with van der Waals surface area (Å²) in [5.74, 6) is 0.948. The van der Waals surface area contributed by atoms with E-state index in [-0.39, 0.29) is 18.4 Å². The molecule has 1 rings (SSSR count). The Morgan fingerprint density at radius 1 is 1.19 bits per heavy atom. The van der Waals surface area contributed by atoms with Gasteiger partial charge in [-0.05, 0) is 30.0 Å². The van der Waals surface area contributed by atoms with Crippen LogP contribution in [0.1, 0.15) is 29.8 Å². The lowest BCUT2D eigenvalue weighted by Gasteiger charge is -2.15. The molecule has 7 heteroatoms. The van der Waals surface area contributed by atoms with Crippen molar-refractivity contribution in [3.63, 3.8) is 0 Å². The van der Waals surface area contributed by atoms with E-state index in [0.29, 0.717) is 24.0 Å². The van der Waals surface area contributed by atoms with Gasteiger partial charge in [0.1, 0.15) is 6.54 Å². The molecular formula is C19H31N5O2. The molecule has 7 nitrogen and oxygen atoms in total. The molecule has 1 aromatic rings. The molecule has 0 radical (unpaired) electrons. The SMILES string of the molecule is CNC(=O)c1cccc(CCNC(=NCC(=O)N(C)C)NCC(C)C)c1. The van der Waals surface area contributed by atoms with Gasteiger partial charge in [0.25, 0.3) is 5.91 Å². The third kappa shape index (κ3) is 8.00. The van der Waals surface area contributed by atoms with E-state index < -0.39 is 0 Å². The Bertz CT molecular complexity index is 626. The van der Waals surface area contributed by atoms with E-state index in [4.69, 9.17) is 0 Å². The summed E-state index contributed by atoms with van der Waals surface area (Å²) in [7, 11) is 5.05. The number of amides is 2. The maximum absolute atomic E-state index is 11.7. The van der Waals surface area contributed by atoms with Crippen molar-refractivity contribution in [3.05, 3.63) is 35.4 Å². The number of aliphatic imine (C=N–C) groups is 1. The molecule has 0 saturated carbocycles. The van der Waals surface area contributed by atoms with Gasteiger partial charge < -0.3 is 20.9 Å². The minimum atomic E-state index is -0.0946. The average molecular weight is 361 g/mol. The van der Waals surface area contributed by atoms with Crippen LogP contribution >= 0.6 is 0 Å². The zero-order valence-electron chi connectivity index (χ0n) is 16.4. The van der Waals surface area contributed by atoms with Gasteiger partial charge in [0.15, 0.2) is 5.96 Å². The molecular weight excluding hydrogens is 330 g/mol. The molecule has 0 aliphatic rings. The largest absolute Gasteiger partial charge is 0.356 e. The zero-order chi connectivity index (χ0) is 19.5. The Morgan fingerprint density at radius 3 is 2.54 bits per heavy atom. The summed E-state index contributed by atoms with van der Waals surface area (Å²) >= 11 is 0. The molecule has 0 unspecified atom stereocenters. The van der Waals surface area contributed by atoms with Gasteiger partial charge in [0.2, 0.25) is 5.91 Å². The third-order valence-electron chi connectivity index (χ3n) is 3.67. The van der Waals surface area contributed by atoms with Gasteiger partial charge in [0.05, 0.1) is 0 Å². The molecule has 1 aromatic carbocycles. The van der Waals surface area contributed by atoms with E-state index in [1.807, 2.05) is 18.2 Å². The molecule has 0 saturated heterocycles. The van der Waals surface area contributed by atoms with E-state index in [9.17, 15) is 9.59 Å². The monoisotopic (exact) mass is 361 g/mol. The number of carbonyl (C=O) groups is 2. The highest BCUT2D eigenvalue weighted by molar-refractivity contribution is 5.94. The van der Waals surface area contributed by atoms with E-state index in [0.717, 1.165) is 18.5 Å². The maximum atomic E-state index is 11.7. The van der Waals surface area contributed by atoms with Gasteiger partial charge in [-0.3, -0.25) is 9.59 Å². The molecule has 0 bridgehead atoms. The van der Waals surface area contributed by atoms with E-state index in [1.165, 1.54) is 4.90 Å². The van der Waals surface area contributed by atoms with Gasteiger partial charge >= 0.3 is 0 Å². The van der Waals surface area contributed by atoms with Crippen molar-refractivity contribution in [2.45, 2.75) is 20.3 Å². The minimum Gasteiger partial charge on any atom is -0.356 e. The molecule has 0 aromatic heterocycles. The Balaban J connectivity index is 2.63. The summed E-state index contributed by atoms with van der Waals surface area (Å²) < 4.78 is 0. The molecule has 2 amide bonds. The third-order valence-corrected chi connectivity index (χ3v) is 3.67. The fraction of sp³-hybridized carbons (Fsp3) is 0.526. The lowest BCUT2D eigenvalue weighted by Crippen LogP contribution is -2.41. The minimum absolute atomic E-state index is 0.0473. The van der Waals surface area contributed by atoms with Crippen molar-refractivity contribution in [2.24, 2.45) is 10.9 Å². The zero-order valence-corrected chi connectivity index (χ0v) is 16.4. The van der Waals surface area contributed by atoms with Crippen molar-refractivity contribution < 1.29 is 9.59 Å². The molecule has 3 N–H and O–H groups in total. The number of benzene rings is 1. The van der Waals surface area contributed by atoms with Gasteiger partial charge in [0, 0.05) is 39.8 Å². The first-order valence-electron chi connectivity index (χ1n) is 8.86. The van der Waals surface area contributed by atoms with Gasteiger partial charge in [-0.25, -0.2) is 4.99 Å². The van der Waals surface area contributed by atoms with Crippen LogP contribution in [0.3, 0.4) is 0 Å². The Hall–Kier alpha value is -2.57. The summed E-state index contributed by atoms with van der Waals surface area (Å²) in [4.78, 5) is 29.3. The maximum Gasteiger partial charge on any atom is 0.251 e. The van der Waals surface area contributed by atoms with Crippen LogP contribution in [-0.4, -0.2) is 63.5 Å². The van der Waals surface area contributed by atoms with Crippen LogP contribution in [0.2, 0.25) is 0 Å². The van der Waals surface area contributed by atoms with Gasteiger partial charge in [-0.1, -0.05) is 26.0 Å². The second-order valence-corrected chi connectivity index (χ2v) is 6.68. The summed E-state index contributed by atoms with van der Waals surface area (Å²) in [6.45, 7) is 5.75. The number of nitrogens with one attached hydrogen (secondary N) is 3. The number of guanidine groups is 1. The van der Waals surface area contributed by atoms with Crippen molar-refractivity contribution in [1.29, 1.82) is 0 Å². The van der Waals surface area contributed by atoms with Gasteiger partial charge in [-0.15, -0.1) is 0 Å². The first-order valence-corrected chi connectivity index (χ1v) is 8.86. The average Bonchev–Trinajstić information content (AvgIpc) is 2.62. The van der Waals surface area contributed by atoms with E-state index in [2.05, 4.69) is 34.8 Å². The topological polar surface area (TPSA) is 85.8 Å². The fourth-order valence-corrected chi connectivity index (χ4v) is 2.10. The number of hydrogen-bond acceptors (Lipinski definition) is 3. The van der Waals surface area contributed by atoms with Crippen LogP contribution in [-0.2, 0) is 11.2 Å². The summed E-state index contributed by atoms with van der Waals surface area (Å²) in [6, 6.07) is 7.54. The molecule has 0 atom stereocenters. The molecule has 0 heterocycles. The molecule has 0 spiro atoms. The van der Waals surface area contributed by atoms with Crippen LogP contribution in [0, 0.1) is 5.92 Å². The van der Waals surface area contributed by atoms with Crippen LogP contribution in [0.4, 0.5) is 0 Å². The highest BCUT2D eigenvalue weighted by atomic mass is 16.2. The van der Waals surface area contributed by atoms with Crippen molar-refractivity contribution >= 4 is 17.8 Å². The van der Waals surface area contributed by atoms with Gasteiger partial charge in [-0.2, -0.15) is 0 Å². The lowest BCUT2D eigenvalue weighted by molar-refractivity contribution is -0.127. The molecule has 0 fully saturated rings. The quantitative estimate of drug-likeness (QED) is 0.474. The van der Waals surface area contributed by atoms with Crippen molar-refractivity contribution in [3.8, 4) is 0 Å². The van der Waals surface area contributed by atoms with Crippen LogP contribution in [0.25, 0.3) is 0 Å². The summed E-state index contributed by atoms with van der Waals surface area (Å²) in [6.07, 6.45) is 0.745. The second kappa shape index (κ2) is 11.1. The predicted octanol–water partition coefficient (Wildman–Crippen LogP) is 0.868. The number of rotatable bonds is 8. The Kier molecular flexibility index (Phi) is 9.19. The van der Waals surface area contributed by atoms with Crippen LogP contribution < -0.4 is 16.0 Å². The van der Waals surface area contributed by atoms with Crippen molar-refractivity contribution in [1.82, 2.24) is 20.9 Å². The number of carbonyl (C=O) groups excluding carboxylic acids is 2. The normalized spacial score (nSPS) is 11.2. The number of nitrogens with zero attached hydrogens (tertiary/aromatic N) is 2. The van der Waals surface area contributed by atoms with E-state index >= 15 is 0 Å². The van der Waals surface area contributed by atoms with Crippen LogP contribution in [0.15, 0.2) is 29.3 Å². The predicted molar refractivity (Wildman–Crippen MR) is 105 cm³/mol. The Morgan fingerprint density at radius 2 is 1.92 bits per heavy atom. The Labute approximate surface area is 156 Å². The highest BCUT2D eigenvalue weighted by Crippen LogP contribution is 2.05. The molecule has 26 heavy (non-hydrogen) atoms. The lowest BCUT2D eigenvalue weighted by atomic mass is 10.1.